The highest BCUT2D eigenvalue weighted by molar-refractivity contribution is 5.87. The van der Waals surface area contributed by atoms with Crippen LogP contribution in [-0.2, 0) is 22.4 Å². The number of carbonyl (C=O) groups is 2. The van der Waals surface area contributed by atoms with E-state index < -0.39 is 23.8 Å². The molecule has 0 saturated heterocycles. The zero-order valence-electron chi connectivity index (χ0n) is 25.6. The second-order valence-corrected chi connectivity index (χ2v) is 12.0. The molecule has 5 rings (SSSR count). The summed E-state index contributed by atoms with van der Waals surface area (Å²) in [4.78, 5) is 35.2. The number of hydrogen-bond donors (Lipinski definition) is 0. The summed E-state index contributed by atoms with van der Waals surface area (Å²) in [5.41, 5.74) is 1.24. The molecule has 2 atom stereocenters. The maximum absolute atomic E-state index is 14.4. The Morgan fingerprint density at radius 3 is 1.84 bits per heavy atom. The topological polar surface area (TPSA) is 88.8 Å². The molecule has 0 radical (unpaired) electrons. The van der Waals surface area contributed by atoms with E-state index in [2.05, 4.69) is 46.5 Å². The van der Waals surface area contributed by atoms with E-state index in [9.17, 15) is 9.59 Å². The lowest BCUT2D eigenvalue weighted by Gasteiger charge is -2.34. The van der Waals surface area contributed by atoms with Crippen LogP contribution in [0, 0.1) is 6.92 Å². The van der Waals surface area contributed by atoms with Crippen molar-refractivity contribution in [2.45, 2.75) is 58.2 Å². The molecular weight excluding hydrogens is 540 g/mol. The number of aromatic nitrogens is 2. The molecule has 1 unspecified atom stereocenters. The van der Waals surface area contributed by atoms with E-state index in [4.69, 9.17) is 9.26 Å². The van der Waals surface area contributed by atoms with Crippen LogP contribution in [0.25, 0.3) is 21.5 Å². The third kappa shape index (κ3) is 7.02. The lowest BCUT2D eigenvalue weighted by Crippen LogP contribution is -2.51. The van der Waals surface area contributed by atoms with Gasteiger partial charge in [0.05, 0.1) is 0 Å². The van der Waals surface area contributed by atoms with Crippen LogP contribution in [0.15, 0.2) is 89.5 Å². The average molecular weight is 579 g/mol. The highest BCUT2D eigenvalue weighted by Crippen LogP contribution is 2.28. The highest BCUT2D eigenvalue weighted by atomic mass is 16.6. The predicted molar refractivity (Wildman–Crippen MR) is 168 cm³/mol. The van der Waals surface area contributed by atoms with Crippen LogP contribution >= 0.6 is 0 Å². The Bertz CT molecular complexity index is 1760. The molecule has 5 aromatic rings. The molecule has 0 aliphatic rings. The summed E-state index contributed by atoms with van der Waals surface area (Å²) >= 11 is 0. The van der Waals surface area contributed by atoms with Crippen LogP contribution in [0.4, 0.5) is 4.79 Å². The van der Waals surface area contributed by atoms with Crippen LogP contribution in [-0.4, -0.2) is 57.7 Å². The Morgan fingerprint density at radius 1 is 0.791 bits per heavy atom. The number of likely N-dealkylation sites (N-methyl/N-ethyl adjacent to an activating group) is 2. The molecule has 0 spiro atoms. The zero-order valence-corrected chi connectivity index (χ0v) is 25.6. The summed E-state index contributed by atoms with van der Waals surface area (Å²) in [6.07, 6.45) is 0.183. The second kappa shape index (κ2) is 12.3. The number of hydrogen-bond acceptors (Lipinski definition) is 6. The first-order chi connectivity index (χ1) is 20.5. The standard InChI is InChI=1S/C35H38N4O4/c1-23-36-32(43-37-23)30(21-24-15-17-26-11-7-9-13-28(26)19-24)38(5)33(40)31(39(6)34(41)42-35(2,3)4)22-25-16-18-27-12-8-10-14-29(27)20-25/h7-20,30-31H,21-22H2,1-6H3/t30-,31?/m1/s1. The summed E-state index contributed by atoms with van der Waals surface area (Å²) in [6, 6.07) is 27.1. The van der Waals surface area contributed by atoms with Crippen molar-refractivity contribution in [3.8, 4) is 0 Å². The molecule has 43 heavy (non-hydrogen) atoms. The lowest BCUT2D eigenvalue weighted by atomic mass is 9.98. The maximum atomic E-state index is 14.4. The summed E-state index contributed by atoms with van der Waals surface area (Å²) in [6.45, 7) is 7.17. The third-order valence-electron chi connectivity index (χ3n) is 7.56. The van der Waals surface area contributed by atoms with Gasteiger partial charge < -0.3 is 14.2 Å². The van der Waals surface area contributed by atoms with Crippen molar-refractivity contribution in [1.82, 2.24) is 19.9 Å². The molecule has 4 aromatic carbocycles. The number of amides is 2. The molecule has 0 aliphatic heterocycles. The second-order valence-electron chi connectivity index (χ2n) is 12.0. The largest absolute Gasteiger partial charge is 0.444 e. The van der Waals surface area contributed by atoms with Gasteiger partial charge in [0.1, 0.15) is 17.7 Å². The molecule has 1 heterocycles. The van der Waals surface area contributed by atoms with Gasteiger partial charge in [-0.2, -0.15) is 4.98 Å². The minimum absolute atomic E-state index is 0.261. The Balaban J connectivity index is 1.49. The van der Waals surface area contributed by atoms with Gasteiger partial charge in [0.15, 0.2) is 5.82 Å². The van der Waals surface area contributed by atoms with Crippen LogP contribution in [0.1, 0.15) is 49.7 Å². The molecule has 0 aliphatic carbocycles. The van der Waals surface area contributed by atoms with Gasteiger partial charge in [-0.3, -0.25) is 9.69 Å². The van der Waals surface area contributed by atoms with Crippen molar-refractivity contribution in [2.75, 3.05) is 14.1 Å². The van der Waals surface area contributed by atoms with Gasteiger partial charge in [0, 0.05) is 26.9 Å². The number of ether oxygens (including phenoxy) is 1. The van der Waals surface area contributed by atoms with Gasteiger partial charge >= 0.3 is 6.09 Å². The molecular formula is C35H38N4O4. The number of benzene rings is 4. The molecule has 0 N–H and O–H groups in total. The first-order valence-electron chi connectivity index (χ1n) is 14.5. The minimum Gasteiger partial charge on any atom is -0.444 e. The zero-order chi connectivity index (χ0) is 30.7. The van der Waals surface area contributed by atoms with Gasteiger partial charge in [0.2, 0.25) is 11.8 Å². The van der Waals surface area contributed by atoms with E-state index in [0.29, 0.717) is 24.6 Å². The minimum atomic E-state index is -0.843. The van der Waals surface area contributed by atoms with E-state index in [1.54, 1.807) is 25.9 Å². The number of fused-ring (bicyclic) bond motifs is 2. The van der Waals surface area contributed by atoms with E-state index >= 15 is 0 Å². The van der Waals surface area contributed by atoms with Gasteiger partial charge in [-0.15, -0.1) is 0 Å². The summed E-state index contributed by atoms with van der Waals surface area (Å²) in [7, 11) is 3.34. The summed E-state index contributed by atoms with van der Waals surface area (Å²) in [5.74, 6) is 0.562. The normalized spacial score (nSPS) is 13.1. The first kappa shape index (κ1) is 29.8. The van der Waals surface area contributed by atoms with E-state index in [0.717, 1.165) is 32.7 Å². The summed E-state index contributed by atoms with van der Waals surface area (Å²) in [5, 5.41) is 8.42. The number of nitrogens with zero attached hydrogens (tertiary/aromatic N) is 4. The molecule has 2 amide bonds. The smallest absolute Gasteiger partial charge is 0.410 e. The quantitative estimate of drug-likeness (QED) is 0.199. The van der Waals surface area contributed by atoms with Crippen LogP contribution < -0.4 is 0 Å². The van der Waals surface area contributed by atoms with Crippen molar-refractivity contribution >= 4 is 33.5 Å². The van der Waals surface area contributed by atoms with E-state index in [-0.39, 0.29) is 5.91 Å². The Hall–Kier alpha value is -4.72. The molecule has 0 fully saturated rings. The number of rotatable bonds is 8. The molecule has 0 saturated carbocycles. The van der Waals surface area contributed by atoms with Gasteiger partial charge in [-0.1, -0.05) is 90.1 Å². The number of carbonyl (C=O) groups excluding carboxylic acids is 2. The molecule has 8 heteroatoms. The Labute approximate surface area is 252 Å². The monoisotopic (exact) mass is 578 g/mol. The van der Waals surface area contributed by atoms with Crippen LogP contribution in [0.5, 0.6) is 0 Å². The average Bonchev–Trinajstić information content (AvgIpc) is 3.42. The maximum Gasteiger partial charge on any atom is 0.410 e. The van der Waals surface area contributed by atoms with Crippen molar-refractivity contribution < 1.29 is 18.8 Å². The van der Waals surface area contributed by atoms with Crippen LogP contribution in [0.2, 0.25) is 0 Å². The van der Waals surface area contributed by atoms with Crippen molar-refractivity contribution in [1.29, 1.82) is 0 Å². The lowest BCUT2D eigenvalue weighted by molar-refractivity contribution is -0.138. The molecule has 222 valence electrons. The summed E-state index contributed by atoms with van der Waals surface area (Å²) < 4.78 is 11.3. The molecule has 8 nitrogen and oxygen atoms in total. The van der Waals surface area contributed by atoms with Gasteiger partial charge in [0.25, 0.3) is 0 Å². The van der Waals surface area contributed by atoms with Crippen molar-refractivity contribution in [3.05, 3.63) is 108 Å². The van der Waals surface area contributed by atoms with E-state index in [1.165, 1.54) is 4.90 Å². The fourth-order valence-electron chi connectivity index (χ4n) is 5.26. The first-order valence-corrected chi connectivity index (χ1v) is 14.5. The van der Waals surface area contributed by atoms with Crippen molar-refractivity contribution in [2.24, 2.45) is 0 Å². The van der Waals surface area contributed by atoms with Crippen LogP contribution in [0.3, 0.4) is 0 Å². The number of aryl methyl sites for hydroxylation is 1. The highest BCUT2D eigenvalue weighted by Gasteiger charge is 2.36. The molecule has 1 aromatic heterocycles. The van der Waals surface area contributed by atoms with Gasteiger partial charge in [-0.25, -0.2) is 4.79 Å². The Kier molecular flexibility index (Phi) is 8.48. The fraction of sp³-hybridized carbons (Fsp3) is 0.314. The Morgan fingerprint density at radius 2 is 1.33 bits per heavy atom. The van der Waals surface area contributed by atoms with Gasteiger partial charge in [-0.05, 0) is 60.4 Å². The third-order valence-corrected chi connectivity index (χ3v) is 7.56. The fourth-order valence-corrected chi connectivity index (χ4v) is 5.26. The van der Waals surface area contributed by atoms with Crippen molar-refractivity contribution in [3.63, 3.8) is 0 Å². The van der Waals surface area contributed by atoms with E-state index in [1.807, 2.05) is 69.3 Å². The predicted octanol–water partition coefficient (Wildman–Crippen LogP) is 6.90. The molecule has 0 bridgehead atoms. The SMILES string of the molecule is Cc1noc([C@@H](Cc2ccc3ccccc3c2)N(C)C(=O)C(Cc2ccc3ccccc3c2)N(C)C(=O)OC(C)(C)C)n1.